The van der Waals surface area contributed by atoms with E-state index in [2.05, 4.69) is 9.71 Å². The quantitative estimate of drug-likeness (QED) is 0.890. The molecule has 1 aromatic heterocycles. The van der Waals surface area contributed by atoms with E-state index in [0.29, 0.717) is 18.7 Å². The highest BCUT2D eigenvalue weighted by Crippen LogP contribution is 2.39. The van der Waals surface area contributed by atoms with Crippen molar-refractivity contribution in [3.8, 4) is 0 Å². The Morgan fingerprint density at radius 3 is 2.46 bits per heavy atom. The van der Waals surface area contributed by atoms with Crippen LogP contribution in [0.15, 0.2) is 53.6 Å². The molecule has 2 aromatic rings. The van der Waals surface area contributed by atoms with Crippen molar-refractivity contribution in [2.45, 2.75) is 49.0 Å². The van der Waals surface area contributed by atoms with E-state index >= 15 is 0 Å². The standard InChI is InChI=1S/C18H22N2O3S/c1-18(21)11-9-14(10-12-18)16-8-5-13-19-17(16)20-24(22,23)15-6-3-2-4-7-15/h2-8,13-14,21H,9-12H2,1H3,(H,19,20). The van der Waals surface area contributed by atoms with Gasteiger partial charge in [-0.25, -0.2) is 13.4 Å². The molecule has 1 fully saturated rings. The van der Waals surface area contributed by atoms with Gasteiger partial charge < -0.3 is 5.11 Å². The number of benzene rings is 1. The van der Waals surface area contributed by atoms with Crippen LogP contribution in [0.2, 0.25) is 0 Å². The van der Waals surface area contributed by atoms with Crippen molar-refractivity contribution in [2.24, 2.45) is 0 Å². The molecule has 0 saturated heterocycles. The fraction of sp³-hybridized carbons (Fsp3) is 0.389. The van der Waals surface area contributed by atoms with E-state index in [1.807, 2.05) is 19.1 Å². The number of aromatic nitrogens is 1. The molecule has 1 aromatic carbocycles. The van der Waals surface area contributed by atoms with Gasteiger partial charge in [-0.3, -0.25) is 4.72 Å². The minimum atomic E-state index is -3.66. The van der Waals surface area contributed by atoms with Gasteiger partial charge in [0, 0.05) is 6.20 Å². The number of nitrogens with one attached hydrogen (secondary N) is 1. The Morgan fingerprint density at radius 2 is 1.79 bits per heavy atom. The van der Waals surface area contributed by atoms with Crippen LogP contribution in [0.1, 0.15) is 44.1 Å². The van der Waals surface area contributed by atoms with Gasteiger partial charge in [-0.15, -0.1) is 0 Å². The molecule has 1 aliphatic carbocycles. The van der Waals surface area contributed by atoms with Crippen LogP contribution in [0.4, 0.5) is 5.82 Å². The van der Waals surface area contributed by atoms with Crippen LogP contribution in [0, 0.1) is 0 Å². The van der Waals surface area contributed by atoms with Gasteiger partial charge in [0.05, 0.1) is 10.5 Å². The highest BCUT2D eigenvalue weighted by Gasteiger charge is 2.31. The van der Waals surface area contributed by atoms with Gasteiger partial charge in [-0.1, -0.05) is 24.3 Å². The van der Waals surface area contributed by atoms with Crippen molar-refractivity contribution in [3.05, 3.63) is 54.2 Å². The summed E-state index contributed by atoms with van der Waals surface area (Å²) in [6, 6.07) is 12.0. The second kappa shape index (κ2) is 6.53. The molecule has 2 N–H and O–H groups in total. The van der Waals surface area contributed by atoms with E-state index in [1.54, 1.807) is 36.5 Å². The van der Waals surface area contributed by atoms with E-state index in [-0.39, 0.29) is 10.8 Å². The number of aliphatic hydroxyl groups is 1. The SMILES string of the molecule is CC1(O)CCC(c2cccnc2NS(=O)(=O)c2ccccc2)CC1. The molecule has 3 rings (SSSR count). The third kappa shape index (κ3) is 3.76. The Bertz CT molecular complexity index is 794. The number of nitrogens with zero attached hydrogens (tertiary/aromatic N) is 1. The summed E-state index contributed by atoms with van der Waals surface area (Å²) in [5.41, 5.74) is 0.273. The van der Waals surface area contributed by atoms with E-state index in [9.17, 15) is 13.5 Å². The summed E-state index contributed by atoms with van der Waals surface area (Å²) in [6.07, 6.45) is 4.64. The molecular weight excluding hydrogens is 324 g/mol. The Kier molecular flexibility index (Phi) is 4.60. The van der Waals surface area contributed by atoms with Crippen molar-refractivity contribution < 1.29 is 13.5 Å². The Morgan fingerprint density at radius 1 is 1.12 bits per heavy atom. The van der Waals surface area contributed by atoms with Crippen molar-refractivity contribution in [1.82, 2.24) is 4.98 Å². The summed E-state index contributed by atoms with van der Waals surface area (Å²) in [6.45, 7) is 1.85. The predicted octanol–water partition coefficient (Wildman–Crippen LogP) is 3.29. The van der Waals surface area contributed by atoms with Gasteiger partial charge in [-0.2, -0.15) is 0 Å². The predicted molar refractivity (Wildman–Crippen MR) is 93.3 cm³/mol. The van der Waals surface area contributed by atoms with Crippen molar-refractivity contribution in [2.75, 3.05) is 4.72 Å². The fourth-order valence-electron chi connectivity index (χ4n) is 3.17. The van der Waals surface area contributed by atoms with Crippen LogP contribution in [0.3, 0.4) is 0 Å². The number of rotatable bonds is 4. The molecule has 0 bridgehead atoms. The molecule has 1 heterocycles. The summed E-state index contributed by atoms with van der Waals surface area (Å²) < 4.78 is 27.7. The number of anilines is 1. The second-order valence-corrected chi connectivity index (χ2v) is 8.31. The second-order valence-electron chi connectivity index (χ2n) is 6.63. The van der Waals surface area contributed by atoms with Gasteiger partial charge in [0.2, 0.25) is 0 Å². The van der Waals surface area contributed by atoms with Crippen LogP contribution in [0.5, 0.6) is 0 Å². The molecule has 0 spiro atoms. The van der Waals surface area contributed by atoms with Crippen molar-refractivity contribution >= 4 is 15.8 Å². The molecule has 0 amide bonds. The Hall–Kier alpha value is -1.92. The number of hydrogen-bond donors (Lipinski definition) is 2. The maximum atomic E-state index is 12.5. The summed E-state index contributed by atoms with van der Waals surface area (Å²) in [4.78, 5) is 4.46. The molecule has 128 valence electrons. The minimum absolute atomic E-state index is 0.201. The van der Waals surface area contributed by atoms with Gasteiger partial charge in [-0.05, 0) is 62.3 Å². The smallest absolute Gasteiger partial charge is 0.263 e. The van der Waals surface area contributed by atoms with Gasteiger partial charge >= 0.3 is 0 Å². The lowest BCUT2D eigenvalue weighted by molar-refractivity contribution is 0.0172. The number of hydrogen-bond acceptors (Lipinski definition) is 4. The topological polar surface area (TPSA) is 79.3 Å². The molecule has 5 nitrogen and oxygen atoms in total. The summed E-state index contributed by atoms with van der Waals surface area (Å²) in [7, 11) is -3.66. The van der Waals surface area contributed by atoms with Crippen LogP contribution < -0.4 is 4.72 Å². The molecule has 0 aliphatic heterocycles. The molecular formula is C18H22N2O3S. The maximum absolute atomic E-state index is 12.5. The van der Waals surface area contributed by atoms with Crippen molar-refractivity contribution in [1.29, 1.82) is 0 Å². The first-order valence-electron chi connectivity index (χ1n) is 8.13. The fourth-order valence-corrected chi connectivity index (χ4v) is 4.23. The van der Waals surface area contributed by atoms with Gasteiger partial charge in [0.25, 0.3) is 10.0 Å². The Labute approximate surface area is 142 Å². The Balaban J connectivity index is 1.85. The van der Waals surface area contributed by atoms with Crippen molar-refractivity contribution in [3.63, 3.8) is 0 Å². The number of pyridine rings is 1. The molecule has 1 aliphatic rings. The monoisotopic (exact) mass is 346 g/mol. The third-order valence-corrected chi connectivity index (χ3v) is 5.98. The van der Waals surface area contributed by atoms with E-state index in [4.69, 9.17) is 0 Å². The zero-order valence-corrected chi connectivity index (χ0v) is 14.5. The number of sulfonamides is 1. The molecule has 6 heteroatoms. The van der Waals surface area contributed by atoms with Crippen LogP contribution >= 0.6 is 0 Å². The van der Waals surface area contributed by atoms with E-state index in [1.165, 1.54) is 0 Å². The molecule has 0 unspecified atom stereocenters. The summed E-state index contributed by atoms with van der Waals surface area (Å²) in [5, 5.41) is 10.1. The molecule has 0 atom stereocenters. The highest BCUT2D eigenvalue weighted by atomic mass is 32.2. The van der Waals surface area contributed by atoms with E-state index < -0.39 is 15.6 Å². The maximum Gasteiger partial charge on any atom is 0.263 e. The lowest BCUT2D eigenvalue weighted by Crippen LogP contribution is -2.30. The lowest BCUT2D eigenvalue weighted by Gasteiger charge is -2.33. The highest BCUT2D eigenvalue weighted by molar-refractivity contribution is 7.92. The molecule has 0 radical (unpaired) electrons. The van der Waals surface area contributed by atoms with Crippen LogP contribution in [-0.4, -0.2) is 24.1 Å². The largest absolute Gasteiger partial charge is 0.390 e. The lowest BCUT2D eigenvalue weighted by atomic mass is 9.77. The average Bonchev–Trinajstić information content (AvgIpc) is 2.56. The normalized spacial score (nSPS) is 24.5. The zero-order valence-electron chi connectivity index (χ0n) is 13.6. The average molecular weight is 346 g/mol. The summed E-state index contributed by atoms with van der Waals surface area (Å²) >= 11 is 0. The third-order valence-electron chi connectivity index (χ3n) is 4.63. The van der Waals surface area contributed by atoms with Gasteiger partial charge in [0.15, 0.2) is 0 Å². The minimum Gasteiger partial charge on any atom is -0.390 e. The van der Waals surface area contributed by atoms with Crippen LogP contribution in [-0.2, 0) is 10.0 Å². The first kappa shape index (κ1) is 16.9. The first-order valence-corrected chi connectivity index (χ1v) is 9.61. The molecule has 24 heavy (non-hydrogen) atoms. The zero-order chi connectivity index (χ0) is 17.2. The summed E-state index contributed by atoms with van der Waals surface area (Å²) in [5.74, 6) is 0.584. The molecule has 1 saturated carbocycles. The first-order chi connectivity index (χ1) is 11.4. The van der Waals surface area contributed by atoms with Gasteiger partial charge in [0.1, 0.15) is 5.82 Å². The van der Waals surface area contributed by atoms with Crippen LogP contribution in [0.25, 0.3) is 0 Å². The van der Waals surface area contributed by atoms with E-state index in [0.717, 1.165) is 18.4 Å².